The molecule has 0 aliphatic carbocycles. The van der Waals surface area contributed by atoms with Gasteiger partial charge in [0.15, 0.2) is 0 Å². The van der Waals surface area contributed by atoms with Crippen LogP contribution in [0.15, 0.2) is 24.8 Å². The van der Waals surface area contributed by atoms with E-state index in [0.29, 0.717) is 0 Å². The van der Waals surface area contributed by atoms with E-state index < -0.39 is 6.10 Å². The van der Waals surface area contributed by atoms with Crippen LogP contribution >= 0.6 is 0 Å². The van der Waals surface area contributed by atoms with Crippen molar-refractivity contribution in [2.75, 3.05) is 6.61 Å². The maximum atomic E-state index is 8.67. The van der Waals surface area contributed by atoms with Gasteiger partial charge in [-0.15, -0.1) is 6.58 Å². The second-order valence-corrected chi connectivity index (χ2v) is 1.34. The van der Waals surface area contributed by atoms with Gasteiger partial charge in [-0.1, -0.05) is 18.2 Å². The minimum Gasteiger partial charge on any atom is -0.392 e. The van der Waals surface area contributed by atoms with Crippen LogP contribution in [-0.4, -0.2) is 22.9 Å². The van der Waals surface area contributed by atoms with Gasteiger partial charge in [0.1, 0.15) is 0 Å². The van der Waals surface area contributed by atoms with Crippen LogP contribution in [-0.2, 0) is 0 Å². The third-order valence-electron chi connectivity index (χ3n) is 0.680. The smallest absolute Gasteiger partial charge is 0.0900 e. The Morgan fingerprint density at radius 1 is 1.62 bits per heavy atom. The highest BCUT2D eigenvalue weighted by atomic mass is 16.3. The van der Waals surface area contributed by atoms with E-state index in [1.165, 1.54) is 18.2 Å². The summed E-state index contributed by atoms with van der Waals surface area (Å²) in [5, 5.41) is 16.9. The molecule has 2 N–H and O–H groups in total. The van der Waals surface area contributed by atoms with Crippen LogP contribution < -0.4 is 0 Å². The fourth-order valence-electron chi connectivity index (χ4n) is 0.279. The molecule has 1 atom stereocenters. The summed E-state index contributed by atoms with van der Waals surface area (Å²) in [7, 11) is 0. The van der Waals surface area contributed by atoms with Gasteiger partial charge in [0.25, 0.3) is 0 Å². The first-order chi connectivity index (χ1) is 3.81. The van der Waals surface area contributed by atoms with Crippen molar-refractivity contribution in [3.8, 4) is 0 Å². The van der Waals surface area contributed by atoms with Gasteiger partial charge >= 0.3 is 0 Å². The van der Waals surface area contributed by atoms with Crippen molar-refractivity contribution in [1.82, 2.24) is 0 Å². The molecule has 0 radical (unpaired) electrons. The highest BCUT2D eigenvalue weighted by Gasteiger charge is 1.84. The largest absolute Gasteiger partial charge is 0.392 e. The summed E-state index contributed by atoms with van der Waals surface area (Å²) in [5.41, 5.74) is 0. The van der Waals surface area contributed by atoms with Gasteiger partial charge in [-0.3, -0.25) is 0 Å². The predicted octanol–water partition coefficient (Wildman–Crippen LogP) is 0.0818. The van der Waals surface area contributed by atoms with Crippen molar-refractivity contribution in [2.45, 2.75) is 6.10 Å². The zero-order valence-corrected chi connectivity index (χ0v) is 4.62. The molecule has 1 unspecified atom stereocenters. The van der Waals surface area contributed by atoms with Crippen LogP contribution in [0.3, 0.4) is 0 Å². The number of rotatable bonds is 3. The molecular weight excluding hydrogens is 104 g/mol. The van der Waals surface area contributed by atoms with Gasteiger partial charge < -0.3 is 10.2 Å². The quantitative estimate of drug-likeness (QED) is 0.510. The molecule has 2 nitrogen and oxygen atoms in total. The van der Waals surface area contributed by atoms with Gasteiger partial charge in [0, 0.05) is 0 Å². The lowest BCUT2D eigenvalue weighted by Gasteiger charge is -1.91. The fraction of sp³-hybridized carbons (Fsp3) is 0.333. The fourth-order valence-corrected chi connectivity index (χ4v) is 0.279. The van der Waals surface area contributed by atoms with Crippen LogP contribution in [0.25, 0.3) is 0 Å². The van der Waals surface area contributed by atoms with Crippen LogP contribution in [0.1, 0.15) is 0 Å². The summed E-state index contributed by atoms with van der Waals surface area (Å²) in [4.78, 5) is 0. The van der Waals surface area contributed by atoms with Crippen LogP contribution in [0.5, 0.6) is 0 Å². The standard InChI is InChI=1S/C6H10O2/c1-2-6(8)4-3-5-7/h2-4,6-8H,1,5H2. The van der Waals surface area contributed by atoms with Gasteiger partial charge in [-0.2, -0.15) is 0 Å². The molecule has 0 saturated heterocycles. The summed E-state index contributed by atoms with van der Waals surface area (Å²) in [6, 6.07) is 0. The topological polar surface area (TPSA) is 40.5 Å². The zero-order chi connectivity index (χ0) is 6.41. The van der Waals surface area contributed by atoms with Gasteiger partial charge in [-0.25, -0.2) is 0 Å². The van der Waals surface area contributed by atoms with E-state index in [0.717, 1.165) is 0 Å². The Hall–Kier alpha value is -0.600. The lowest BCUT2D eigenvalue weighted by Crippen LogP contribution is -1.94. The molecule has 0 aromatic rings. The maximum absolute atomic E-state index is 8.67. The molecular formula is C6H10O2. The minimum absolute atomic E-state index is 0.0368. The average Bonchev–Trinajstić information content (AvgIpc) is 1.83. The summed E-state index contributed by atoms with van der Waals surface area (Å²) in [5.74, 6) is 0. The predicted molar refractivity (Wildman–Crippen MR) is 32.4 cm³/mol. The number of aliphatic hydroxyl groups is 2. The SMILES string of the molecule is C=CC(O)C=CCO. The summed E-state index contributed by atoms with van der Waals surface area (Å²) >= 11 is 0. The lowest BCUT2D eigenvalue weighted by molar-refractivity contribution is 0.269. The molecule has 0 aliphatic rings. The third kappa shape index (κ3) is 3.59. The molecule has 2 heteroatoms. The molecule has 0 aromatic heterocycles. The van der Waals surface area contributed by atoms with E-state index in [4.69, 9.17) is 10.2 Å². The first-order valence-corrected chi connectivity index (χ1v) is 2.39. The first kappa shape index (κ1) is 7.40. The summed E-state index contributed by atoms with van der Waals surface area (Å²) < 4.78 is 0. The molecule has 0 aliphatic heterocycles. The molecule has 0 bridgehead atoms. The molecule has 8 heavy (non-hydrogen) atoms. The van der Waals surface area contributed by atoms with E-state index >= 15 is 0 Å². The van der Waals surface area contributed by atoms with E-state index in [1.807, 2.05) is 0 Å². The van der Waals surface area contributed by atoms with E-state index in [-0.39, 0.29) is 6.61 Å². The van der Waals surface area contributed by atoms with Crippen molar-refractivity contribution in [2.24, 2.45) is 0 Å². The molecule has 0 spiro atoms. The van der Waals surface area contributed by atoms with E-state index in [2.05, 4.69) is 6.58 Å². The lowest BCUT2D eigenvalue weighted by atomic mass is 10.3. The highest BCUT2D eigenvalue weighted by molar-refractivity contribution is 4.97. The van der Waals surface area contributed by atoms with Crippen molar-refractivity contribution in [1.29, 1.82) is 0 Å². The van der Waals surface area contributed by atoms with E-state index in [9.17, 15) is 0 Å². The Morgan fingerprint density at radius 3 is 2.62 bits per heavy atom. The molecule has 0 saturated carbocycles. The molecule has 0 amide bonds. The maximum Gasteiger partial charge on any atom is 0.0900 e. The average molecular weight is 114 g/mol. The number of hydrogen-bond donors (Lipinski definition) is 2. The molecule has 46 valence electrons. The summed E-state index contributed by atoms with van der Waals surface area (Å²) in [6.45, 7) is 3.29. The van der Waals surface area contributed by atoms with Crippen molar-refractivity contribution < 1.29 is 10.2 Å². The second kappa shape index (κ2) is 4.56. The van der Waals surface area contributed by atoms with Gasteiger partial charge in [-0.05, 0) is 0 Å². The van der Waals surface area contributed by atoms with Gasteiger partial charge in [0.05, 0.1) is 12.7 Å². The van der Waals surface area contributed by atoms with Crippen molar-refractivity contribution in [3.63, 3.8) is 0 Å². The Bertz CT molecular complexity index is 86.5. The van der Waals surface area contributed by atoms with Gasteiger partial charge in [0.2, 0.25) is 0 Å². The molecule has 0 heterocycles. The van der Waals surface area contributed by atoms with Crippen molar-refractivity contribution in [3.05, 3.63) is 24.8 Å². The highest BCUT2D eigenvalue weighted by Crippen LogP contribution is 1.83. The van der Waals surface area contributed by atoms with Crippen molar-refractivity contribution >= 4 is 0 Å². The molecule has 0 aromatic carbocycles. The van der Waals surface area contributed by atoms with E-state index in [1.54, 1.807) is 0 Å². The normalized spacial score (nSPS) is 14.2. The Morgan fingerprint density at radius 2 is 2.25 bits per heavy atom. The van der Waals surface area contributed by atoms with Crippen LogP contribution in [0.2, 0.25) is 0 Å². The Labute approximate surface area is 48.8 Å². The van der Waals surface area contributed by atoms with Crippen LogP contribution in [0, 0.1) is 0 Å². The Kier molecular flexibility index (Phi) is 4.21. The number of hydrogen-bond acceptors (Lipinski definition) is 2. The first-order valence-electron chi connectivity index (χ1n) is 2.39. The number of aliphatic hydroxyl groups excluding tert-OH is 2. The zero-order valence-electron chi connectivity index (χ0n) is 4.62. The minimum atomic E-state index is -0.623. The monoisotopic (exact) mass is 114 g/mol. The second-order valence-electron chi connectivity index (χ2n) is 1.34. The molecule has 0 rings (SSSR count). The Balaban J connectivity index is 3.35. The van der Waals surface area contributed by atoms with Crippen LogP contribution in [0.4, 0.5) is 0 Å². The summed E-state index contributed by atoms with van der Waals surface area (Å²) in [6.07, 6.45) is 3.69. The third-order valence-corrected chi connectivity index (χ3v) is 0.680. The molecule has 0 fully saturated rings.